The summed E-state index contributed by atoms with van der Waals surface area (Å²) in [5.41, 5.74) is 1.21. The minimum atomic E-state index is 0.671. The average Bonchev–Trinajstić information content (AvgIpc) is 2.31. The van der Waals surface area contributed by atoms with E-state index in [-0.39, 0.29) is 0 Å². The smallest absolute Gasteiger partial charge is 0.137 e. The van der Waals surface area contributed by atoms with Crippen molar-refractivity contribution in [3.05, 3.63) is 17.5 Å². The first-order valence-electron chi connectivity index (χ1n) is 3.72. The molecule has 0 aromatic carbocycles. The lowest BCUT2D eigenvalue weighted by Crippen LogP contribution is -1.88. The zero-order chi connectivity index (χ0) is 8.27. The first kappa shape index (κ1) is 8.65. The highest BCUT2D eigenvalue weighted by Crippen LogP contribution is 2.18. The van der Waals surface area contributed by atoms with E-state index in [0.717, 1.165) is 11.5 Å². The second kappa shape index (κ2) is 3.81. The quantitative estimate of drug-likeness (QED) is 0.699. The van der Waals surface area contributed by atoms with Gasteiger partial charge in [-0.2, -0.15) is 11.8 Å². The van der Waals surface area contributed by atoms with Crippen LogP contribution in [-0.4, -0.2) is 10.4 Å². The van der Waals surface area contributed by atoms with Gasteiger partial charge in [-0.25, -0.2) is 0 Å². The van der Waals surface area contributed by atoms with Gasteiger partial charge >= 0.3 is 0 Å². The minimum Gasteiger partial charge on any atom is -0.361 e. The fraction of sp³-hybridized carbons (Fsp3) is 0.625. The van der Waals surface area contributed by atoms with E-state index in [4.69, 9.17) is 4.52 Å². The number of rotatable bonds is 3. The number of nitrogens with zero attached hydrogens (tertiary/aromatic N) is 1. The van der Waals surface area contributed by atoms with Gasteiger partial charge in [0.05, 0.1) is 6.20 Å². The summed E-state index contributed by atoms with van der Waals surface area (Å²) in [6.45, 7) is 6.32. The predicted molar refractivity (Wildman–Crippen MR) is 47.7 cm³/mol. The molecule has 0 bridgehead atoms. The molecule has 0 aliphatic heterocycles. The SMILES string of the molecule is Cc1oncc1CSC(C)C. The molecule has 0 fully saturated rings. The molecule has 0 unspecified atom stereocenters. The van der Waals surface area contributed by atoms with E-state index < -0.39 is 0 Å². The average molecular weight is 171 g/mol. The highest BCUT2D eigenvalue weighted by molar-refractivity contribution is 7.99. The lowest BCUT2D eigenvalue weighted by Gasteiger charge is -2.01. The zero-order valence-electron chi connectivity index (χ0n) is 7.13. The van der Waals surface area contributed by atoms with Crippen LogP contribution in [0.4, 0.5) is 0 Å². The van der Waals surface area contributed by atoms with Crippen molar-refractivity contribution in [1.82, 2.24) is 5.16 Å². The Morgan fingerprint density at radius 2 is 2.36 bits per heavy atom. The van der Waals surface area contributed by atoms with Gasteiger partial charge < -0.3 is 4.52 Å². The van der Waals surface area contributed by atoms with E-state index in [0.29, 0.717) is 5.25 Å². The van der Waals surface area contributed by atoms with Crippen molar-refractivity contribution in [3.63, 3.8) is 0 Å². The Kier molecular flexibility index (Phi) is 3.00. The van der Waals surface area contributed by atoms with Gasteiger partial charge in [0.15, 0.2) is 0 Å². The van der Waals surface area contributed by atoms with Crippen LogP contribution in [0.25, 0.3) is 0 Å². The molecule has 0 saturated heterocycles. The summed E-state index contributed by atoms with van der Waals surface area (Å²) in [6.07, 6.45) is 1.80. The minimum absolute atomic E-state index is 0.671. The number of aromatic nitrogens is 1. The molecule has 0 aliphatic rings. The third kappa shape index (κ3) is 2.58. The first-order chi connectivity index (χ1) is 5.20. The summed E-state index contributed by atoms with van der Waals surface area (Å²) in [6, 6.07) is 0. The fourth-order valence-corrected chi connectivity index (χ4v) is 1.50. The number of hydrogen-bond donors (Lipinski definition) is 0. The van der Waals surface area contributed by atoms with Gasteiger partial charge in [0.2, 0.25) is 0 Å². The van der Waals surface area contributed by atoms with Crippen molar-refractivity contribution in [2.45, 2.75) is 31.8 Å². The van der Waals surface area contributed by atoms with E-state index >= 15 is 0 Å². The van der Waals surface area contributed by atoms with Crippen molar-refractivity contribution < 1.29 is 4.52 Å². The third-order valence-corrected chi connectivity index (χ3v) is 2.57. The maximum Gasteiger partial charge on any atom is 0.137 e. The molecular formula is C8H13NOS. The van der Waals surface area contributed by atoms with Crippen LogP contribution in [0.3, 0.4) is 0 Å². The van der Waals surface area contributed by atoms with Crippen molar-refractivity contribution in [2.24, 2.45) is 0 Å². The molecule has 1 aromatic rings. The Balaban J connectivity index is 2.44. The zero-order valence-corrected chi connectivity index (χ0v) is 7.94. The molecule has 0 spiro atoms. The molecule has 1 rings (SSSR count). The van der Waals surface area contributed by atoms with E-state index in [1.54, 1.807) is 6.20 Å². The Morgan fingerprint density at radius 3 is 2.82 bits per heavy atom. The highest BCUT2D eigenvalue weighted by atomic mass is 32.2. The fourth-order valence-electron chi connectivity index (χ4n) is 0.714. The van der Waals surface area contributed by atoms with Crippen LogP contribution in [0.1, 0.15) is 25.2 Å². The van der Waals surface area contributed by atoms with Crippen molar-refractivity contribution in [1.29, 1.82) is 0 Å². The summed E-state index contributed by atoms with van der Waals surface area (Å²) >= 11 is 1.90. The number of hydrogen-bond acceptors (Lipinski definition) is 3. The van der Waals surface area contributed by atoms with Crippen LogP contribution in [0.5, 0.6) is 0 Å². The monoisotopic (exact) mass is 171 g/mol. The maximum absolute atomic E-state index is 4.93. The summed E-state index contributed by atoms with van der Waals surface area (Å²) in [7, 11) is 0. The summed E-state index contributed by atoms with van der Waals surface area (Å²) < 4.78 is 4.93. The molecular weight excluding hydrogens is 158 g/mol. The molecule has 2 nitrogen and oxygen atoms in total. The van der Waals surface area contributed by atoms with Gasteiger partial charge in [-0.15, -0.1) is 0 Å². The first-order valence-corrected chi connectivity index (χ1v) is 4.76. The summed E-state index contributed by atoms with van der Waals surface area (Å²) in [5.74, 6) is 1.95. The van der Waals surface area contributed by atoms with Crippen LogP contribution in [0.2, 0.25) is 0 Å². The molecule has 0 N–H and O–H groups in total. The molecule has 0 amide bonds. The molecule has 0 saturated carbocycles. The largest absolute Gasteiger partial charge is 0.361 e. The molecule has 1 aromatic heterocycles. The van der Waals surface area contributed by atoms with Crippen molar-refractivity contribution in [2.75, 3.05) is 0 Å². The van der Waals surface area contributed by atoms with Gasteiger partial charge in [-0.05, 0) is 12.2 Å². The second-order valence-electron chi connectivity index (χ2n) is 2.77. The molecule has 11 heavy (non-hydrogen) atoms. The Morgan fingerprint density at radius 1 is 1.64 bits per heavy atom. The lowest BCUT2D eigenvalue weighted by molar-refractivity contribution is 0.396. The Labute approximate surface area is 71.3 Å². The normalized spacial score (nSPS) is 10.9. The predicted octanol–water partition coefficient (Wildman–Crippen LogP) is 2.62. The molecule has 3 heteroatoms. The van der Waals surface area contributed by atoms with Crippen LogP contribution >= 0.6 is 11.8 Å². The van der Waals surface area contributed by atoms with E-state index in [2.05, 4.69) is 19.0 Å². The Hall–Kier alpha value is -0.440. The third-order valence-electron chi connectivity index (χ3n) is 1.42. The van der Waals surface area contributed by atoms with Crippen LogP contribution in [-0.2, 0) is 5.75 Å². The van der Waals surface area contributed by atoms with E-state index in [1.807, 2.05) is 18.7 Å². The number of aryl methyl sites for hydroxylation is 1. The second-order valence-corrected chi connectivity index (χ2v) is 4.33. The summed E-state index contributed by atoms with van der Waals surface area (Å²) in [4.78, 5) is 0. The molecule has 0 atom stereocenters. The highest BCUT2D eigenvalue weighted by Gasteiger charge is 2.03. The van der Waals surface area contributed by atoms with Gasteiger partial charge in [-0.1, -0.05) is 19.0 Å². The molecule has 1 heterocycles. The van der Waals surface area contributed by atoms with Gasteiger partial charge in [-0.3, -0.25) is 0 Å². The lowest BCUT2D eigenvalue weighted by atomic mass is 10.3. The van der Waals surface area contributed by atoms with Gasteiger partial charge in [0, 0.05) is 11.3 Å². The van der Waals surface area contributed by atoms with E-state index in [1.165, 1.54) is 5.56 Å². The van der Waals surface area contributed by atoms with Crippen molar-refractivity contribution >= 4 is 11.8 Å². The number of thioether (sulfide) groups is 1. The standard InChI is InChI=1S/C8H13NOS/c1-6(2)11-5-8-4-9-10-7(8)3/h4,6H,5H2,1-3H3. The van der Waals surface area contributed by atoms with Crippen LogP contribution in [0.15, 0.2) is 10.7 Å². The topological polar surface area (TPSA) is 26.0 Å². The van der Waals surface area contributed by atoms with Crippen molar-refractivity contribution in [3.8, 4) is 0 Å². The molecule has 0 radical (unpaired) electrons. The molecule has 62 valence electrons. The maximum atomic E-state index is 4.93. The van der Waals surface area contributed by atoms with Crippen LogP contribution in [0, 0.1) is 6.92 Å². The Bertz CT molecular complexity index is 220. The van der Waals surface area contributed by atoms with Gasteiger partial charge in [0.25, 0.3) is 0 Å². The van der Waals surface area contributed by atoms with E-state index in [9.17, 15) is 0 Å². The van der Waals surface area contributed by atoms with Gasteiger partial charge in [0.1, 0.15) is 5.76 Å². The summed E-state index contributed by atoms with van der Waals surface area (Å²) in [5, 5.41) is 4.38. The molecule has 0 aliphatic carbocycles. The van der Waals surface area contributed by atoms with Crippen LogP contribution < -0.4 is 0 Å².